The van der Waals surface area contributed by atoms with Crippen LogP contribution in [-0.2, 0) is 16.0 Å². The Balaban J connectivity index is 1.74. The average Bonchev–Trinajstić information content (AvgIpc) is 3.25. The lowest BCUT2D eigenvalue weighted by atomic mass is 10.1. The minimum Gasteiger partial charge on any atom is -0.493 e. The highest BCUT2D eigenvalue weighted by atomic mass is 16.5. The first-order valence-electron chi connectivity index (χ1n) is 9.65. The van der Waals surface area contributed by atoms with Gasteiger partial charge in [0.2, 0.25) is 5.75 Å². The molecule has 1 aliphatic rings. The second kappa shape index (κ2) is 12.3. The molecule has 0 aliphatic carbocycles. The molecule has 28 heavy (non-hydrogen) atoms. The number of nitrogens with zero attached hydrogens (tertiary/aromatic N) is 1. The van der Waals surface area contributed by atoms with Crippen molar-refractivity contribution in [2.75, 3.05) is 54.7 Å². The lowest BCUT2D eigenvalue weighted by Gasteiger charge is -2.17. The van der Waals surface area contributed by atoms with E-state index in [4.69, 9.17) is 23.7 Å². The molecule has 1 aromatic carbocycles. The molecule has 0 amide bonds. The lowest BCUT2D eigenvalue weighted by Crippen LogP contribution is -2.37. The molecular formula is C20H33N3O5. The van der Waals surface area contributed by atoms with Gasteiger partial charge < -0.3 is 34.3 Å². The fourth-order valence-electron chi connectivity index (χ4n) is 3.07. The van der Waals surface area contributed by atoms with Gasteiger partial charge in [-0.2, -0.15) is 0 Å². The third-order valence-corrected chi connectivity index (χ3v) is 4.54. The quantitative estimate of drug-likeness (QED) is 0.337. The van der Waals surface area contributed by atoms with Gasteiger partial charge >= 0.3 is 0 Å². The maximum Gasteiger partial charge on any atom is 0.203 e. The Morgan fingerprint density at radius 2 is 1.96 bits per heavy atom. The maximum atomic E-state index is 5.67. The molecule has 1 heterocycles. The Morgan fingerprint density at radius 1 is 1.14 bits per heavy atom. The van der Waals surface area contributed by atoms with Crippen LogP contribution in [-0.4, -0.2) is 66.8 Å². The Labute approximate surface area is 167 Å². The first-order valence-corrected chi connectivity index (χ1v) is 9.65. The van der Waals surface area contributed by atoms with Crippen LogP contribution in [0.3, 0.4) is 0 Å². The molecule has 0 spiro atoms. The van der Waals surface area contributed by atoms with E-state index in [1.807, 2.05) is 12.1 Å². The molecule has 0 radical (unpaired) electrons. The fraction of sp³-hybridized carbons (Fsp3) is 0.650. The first kappa shape index (κ1) is 22.1. The number of aliphatic imine (C=N–C) groups is 1. The maximum absolute atomic E-state index is 5.67. The standard InChI is InChI=1S/C20H33N3O5/c1-21-20(22-10-6-11-27-14-16-7-5-12-28-16)23-13-15-8-9-17(24-2)19(26-4)18(15)25-3/h8-9,16H,5-7,10-14H2,1-4H3,(H2,21,22,23). The van der Waals surface area contributed by atoms with E-state index in [2.05, 4.69) is 15.6 Å². The van der Waals surface area contributed by atoms with Crippen LogP contribution in [0, 0.1) is 0 Å². The molecule has 1 aromatic rings. The zero-order valence-electron chi connectivity index (χ0n) is 17.4. The highest BCUT2D eigenvalue weighted by Gasteiger charge is 2.16. The van der Waals surface area contributed by atoms with Gasteiger partial charge in [0.15, 0.2) is 17.5 Å². The molecule has 2 N–H and O–H groups in total. The summed E-state index contributed by atoms with van der Waals surface area (Å²) in [4.78, 5) is 4.25. The fourth-order valence-corrected chi connectivity index (χ4v) is 3.07. The highest BCUT2D eigenvalue weighted by molar-refractivity contribution is 5.79. The Morgan fingerprint density at radius 3 is 2.61 bits per heavy atom. The number of ether oxygens (including phenoxy) is 5. The molecule has 0 bridgehead atoms. The van der Waals surface area contributed by atoms with E-state index in [1.165, 1.54) is 0 Å². The van der Waals surface area contributed by atoms with Crippen molar-refractivity contribution in [2.24, 2.45) is 4.99 Å². The van der Waals surface area contributed by atoms with Crippen molar-refractivity contribution < 1.29 is 23.7 Å². The molecule has 1 saturated heterocycles. The van der Waals surface area contributed by atoms with Crippen LogP contribution in [0.2, 0.25) is 0 Å². The molecule has 8 heteroatoms. The molecule has 8 nitrogen and oxygen atoms in total. The van der Waals surface area contributed by atoms with Gasteiger partial charge in [0, 0.05) is 38.9 Å². The number of hydrogen-bond donors (Lipinski definition) is 2. The number of rotatable bonds is 11. The zero-order chi connectivity index (χ0) is 20.2. The SMILES string of the molecule is CN=C(NCCCOCC1CCCO1)NCc1ccc(OC)c(OC)c1OC. The Bertz CT molecular complexity index is 618. The minimum absolute atomic E-state index is 0.277. The third kappa shape index (κ3) is 6.45. The van der Waals surface area contributed by atoms with Gasteiger partial charge in [0.1, 0.15) is 0 Å². The minimum atomic E-state index is 0.277. The van der Waals surface area contributed by atoms with Crippen LogP contribution in [0.4, 0.5) is 0 Å². The summed E-state index contributed by atoms with van der Waals surface area (Å²) >= 11 is 0. The van der Waals surface area contributed by atoms with Gasteiger partial charge in [-0.05, 0) is 31.4 Å². The van der Waals surface area contributed by atoms with Crippen LogP contribution in [0.25, 0.3) is 0 Å². The van der Waals surface area contributed by atoms with Gasteiger partial charge in [0.05, 0.1) is 34.0 Å². The van der Waals surface area contributed by atoms with Crippen LogP contribution >= 0.6 is 0 Å². The Kier molecular flexibility index (Phi) is 9.71. The highest BCUT2D eigenvalue weighted by Crippen LogP contribution is 2.39. The Hall–Kier alpha value is -2.19. The average molecular weight is 396 g/mol. The third-order valence-electron chi connectivity index (χ3n) is 4.54. The lowest BCUT2D eigenvalue weighted by molar-refractivity contribution is 0.0168. The predicted octanol–water partition coefficient (Wildman–Crippen LogP) is 1.96. The molecule has 0 aromatic heterocycles. The number of hydrogen-bond acceptors (Lipinski definition) is 6. The summed E-state index contributed by atoms with van der Waals surface area (Å²) < 4.78 is 27.5. The molecule has 1 aliphatic heterocycles. The summed E-state index contributed by atoms with van der Waals surface area (Å²) in [5.41, 5.74) is 0.947. The number of benzene rings is 1. The summed E-state index contributed by atoms with van der Waals surface area (Å²) in [5.74, 6) is 2.58. The van der Waals surface area contributed by atoms with E-state index in [9.17, 15) is 0 Å². The van der Waals surface area contributed by atoms with Crippen LogP contribution in [0.15, 0.2) is 17.1 Å². The zero-order valence-corrected chi connectivity index (χ0v) is 17.4. The summed E-state index contributed by atoms with van der Waals surface area (Å²) in [6.45, 7) is 3.56. The van der Waals surface area contributed by atoms with E-state index in [0.29, 0.717) is 37.0 Å². The predicted molar refractivity (Wildman–Crippen MR) is 109 cm³/mol. The van der Waals surface area contributed by atoms with Gasteiger partial charge in [0.25, 0.3) is 0 Å². The van der Waals surface area contributed by atoms with Crippen molar-refractivity contribution >= 4 is 5.96 Å². The van der Waals surface area contributed by atoms with E-state index in [0.717, 1.165) is 43.9 Å². The van der Waals surface area contributed by atoms with Gasteiger partial charge in [-0.25, -0.2) is 0 Å². The molecule has 1 atom stereocenters. The summed E-state index contributed by atoms with van der Waals surface area (Å²) in [6.07, 6.45) is 3.42. The molecule has 1 unspecified atom stereocenters. The summed E-state index contributed by atoms with van der Waals surface area (Å²) in [7, 11) is 6.56. The van der Waals surface area contributed by atoms with Crippen molar-refractivity contribution in [1.29, 1.82) is 0 Å². The van der Waals surface area contributed by atoms with E-state index >= 15 is 0 Å². The first-order chi connectivity index (χ1) is 13.7. The van der Waals surface area contributed by atoms with Crippen LogP contribution in [0.1, 0.15) is 24.8 Å². The summed E-state index contributed by atoms with van der Waals surface area (Å²) in [6, 6.07) is 3.80. The molecule has 158 valence electrons. The van der Waals surface area contributed by atoms with Gasteiger partial charge in [-0.3, -0.25) is 4.99 Å². The summed E-state index contributed by atoms with van der Waals surface area (Å²) in [5, 5.41) is 6.57. The molecule has 0 saturated carbocycles. The van der Waals surface area contributed by atoms with E-state index in [1.54, 1.807) is 28.4 Å². The van der Waals surface area contributed by atoms with Crippen LogP contribution in [0.5, 0.6) is 17.2 Å². The largest absolute Gasteiger partial charge is 0.493 e. The van der Waals surface area contributed by atoms with Crippen LogP contribution < -0.4 is 24.8 Å². The monoisotopic (exact) mass is 395 g/mol. The van der Waals surface area contributed by atoms with Crippen molar-refractivity contribution in [3.63, 3.8) is 0 Å². The number of guanidine groups is 1. The van der Waals surface area contributed by atoms with Gasteiger partial charge in [-0.1, -0.05) is 0 Å². The smallest absolute Gasteiger partial charge is 0.203 e. The normalized spacial score (nSPS) is 16.7. The van der Waals surface area contributed by atoms with Gasteiger partial charge in [-0.15, -0.1) is 0 Å². The van der Waals surface area contributed by atoms with E-state index in [-0.39, 0.29) is 6.10 Å². The molecule has 1 fully saturated rings. The second-order valence-corrected chi connectivity index (χ2v) is 6.41. The molecular weight excluding hydrogens is 362 g/mol. The number of nitrogens with one attached hydrogen (secondary N) is 2. The van der Waals surface area contributed by atoms with Crippen molar-refractivity contribution in [3.05, 3.63) is 17.7 Å². The van der Waals surface area contributed by atoms with Crippen molar-refractivity contribution in [2.45, 2.75) is 31.9 Å². The topological polar surface area (TPSA) is 82.6 Å². The van der Waals surface area contributed by atoms with E-state index < -0.39 is 0 Å². The molecule has 2 rings (SSSR count). The number of methoxy groups -OCH3 is 3. The second-order valence-electron chi connectivity index (χ2n) is 6.41. The van der Waals surface area contributed by atoms with Crippen molar-refractivity contribution in [1.82, 2.24) is 10.6 Å². The van der Waals surface area contributed by atoms with Crippen molar-refractivity contribution in [3.8, 4) is 17.2 Å².